The van der Waals surface area contributed by atoms with E-state index in [2.05, 4.69) is 25.5 Å². The van der Waals surface area contributed by atoms with Gasteiger partial charge in [0.15, 0.2) is 0 Å². The molecule has 0 saturated heterocycles. The van der Waals surface area contributed by atoms with Gasteiger partial charge in [-0.05, 0) is 42.5 Å². The Morgan fingerprint density at radius 2 is 1.91 bits per heavy atom. The summed E-state index contributed by atoms with van der Waals surface area (Å²) in [6.07, 6.45) is 3.10. The summed E-state index contributed by atoms with van der Waals surface area (Å²) in [5.74, 6) is -0.538. The van der Waals surface area contributed by atoms with Gasteiger partial charge in [0, 0.05) is 29.7 Å². The second-order valence-electron chi connectivity index (χ2n) is 7.22. The number of halogens is 2. The highest BCUT2D eigenvalue weighted by molar-refractivity contribution is 7.91. The Bertz CT molecular complexity index is 1730. The summed E-state index contributed by atoms with van der Waals surface area (Å²) in [7, 11) is -2.85. The Balaban J connectivity index is 1.57. The first-order chi connectivity index (χ1) is 15.7. The molecule has 0 spiro atoms. The second-order valence-corrected chi connectivity index (χ2v) is 9.55. The van der Waals surface area contributed by atoms with E-state index >= 15 is 0 Å². The number of hydrogen-bond acceptors (Lipinski definition) is 7. The van der Waals surface area contributed by atoms with E-state index < -0.39 is 26.1 Å². The summed E-state index contributed by atoms with van der Waals surface area (Å²) in [6.45, 7) is 0. The van der Waals surface area contributed by atoms with Crippen LogP contribution in [0.1, 0.15) is 0 Å². The van der Waals surface area contributed by atoms with Gasteiger partial charge in [-0.25, -0.2) is 17.8 Å². The van der Waals surface area contributed by atoms with E-state index in [1.807, 2.05) is 18.2 Å². The highest BCUT2D eigenvalue weighted by atomic mass is 35.5. The number of nitrogens with one attached hydrogen (secondary N) is 2. The first-order valence-electron chi connectivity index (χ1n) is 9.51. The van der Waals surface area contributed by atoms with Crippen LogP contribution in [0.2, 0.25) is 5.02 Å². The fraction of sp³-hybridized carbons (Fsp3) is 0.0476. The van der Waals surface area contributed by atoms with Crippen LogP contribution in [0, 0.1) is 5.82 Å². The topological polar surface area (TPSA) is 123 Å². The molecule has 0 amide bonds. The third-order valence-corrected chi connectivity index (χ3v) is 7.14. The second kappa shape index (κ2) is 7.64. The molecule has 0 atom stereocenters. The van der Waals surface area contributed by atoms with E-state index in [-0.39, 0.29) is 21.5 Å². The molecular formula is C21H14ClFN6O3S. The molecule has 166 valence electrons. The minimum Gasteiger partial charge on any atom is -0.324 e. The van der Waals surface area contributed by atoms with E-state index in [4.69, 9.17) is 11.6 Å². The number of sulfone groups is 1. The zero-order chi connectivity index (χ0) is 23.3. The number of pyridine rings is 1. The number of aromatic nitrogens is 5. The van der Waals surface area contributed by atoms with Gasteiger partial charge in [-0.15, -0.1) is 0 Å². The number of aromatic amines is 1. The van der Waals surface area contributed by atoms with E-state index in [1.54, 1.807) is 6.20 Å². The van der Waals surface area contributed by atoms with Gasteiger partial charge in [0.25, 0.3) is 5.56 Å². The van der Waals surface area contributed by atoms with Crippen molar-refractivity contribution in [3.8, 4) is 0 Å². The van der Waals surface area contributed by atoms with Crippen LogP contribution < -0.4 is 10.9 Å². The molecule has 0 saturated carbocycles. The predicted molar refractivity (Wildman–Crippen MR) is 121 cm³/mol. The largest absolute Gasteiger partial charge is 0.324 e. The van der Waals surface area contributed by atoms with Gasteiger partial charge in [-0.1, -0.05) is 11.6 Å². The molecule has 2 aromatic carbocycles. The fourth-order valence-corrected chi connectivity index (χ4v) is 5.06. The van der Waals surface area contributed by atoms with Crippen molar-refractivity contribution in [1.82, 2.24) is 24.7 Å². The standard InChI is InChI=1S/C21H14ClFN6O3S/c1-29-19-12(7-18(20(29)30)33(31,32)14-3-4-16(23)15(22)8-14)9-24-21(27-19)26-13-2-5-17-11(6-13)10-25-28-17/h2-10H,1H3,(H,25,28)(H,24,26,27). The Kier molecular flexibility index (Phi) is 4.87. The number of fused-ring (bicyclic) bond motifs is 2. The van der Waals surface area contributed by atoms with Crippen molar-refractivity contribution >= 4 is 55.0 Å². The number of anilines is 2. The van der Waals surface area contributed by atoms with E-state index in [9.17, 15) is 17.6 Å². The summed E-state index contributed by atoms with van der Waals surface area (Å²) >= 11 is 5.73. The summed E-state index contributed by atoms with van der Waals surface area (Å²) in [4.78, 5) is 20.8. The molecule has 5 rings (SSSR count). The van der Waals surface area contributed by atoms with Crippen molar-refractivity contribution in [3.05, 3.63) is 76.1 Å². The van der Waals surface area contributed by atoms with Gasteiger partial charge in [0.1, 0.15) is 16.4 Å². The summed E-state index contributed by atoms with van der Waals surface area (Å²) in [5, 5.41) is 10.8. The first-order valence-corrected chi connectivity index (χ1v) is 11.4. The minimum absolute atomic E-state index is 0.223. The zero-order valence-corrected chi connectivity index (χ0v) is 18.4. The quantitative estimate of drug-likeness (QED) is 0.374. The average molecular weight is 485 g/mol. The number of rotatable bonds is 4. The van der Waals surface area contributed by atoms with Crippen molar-refractivity contribution in [2.45, 2.75) is 9.79 Å². The normalized spacial score (nSPS) is 11.8. The smallest absolute Gasteiger partial charge is 0.271 e. The number of hydrogen-bond donors (Lipinski definition) is 2. The lowest BCUT2D eigenvalue weighted by molar-refractivity contribution is 0.592. The average Bonchev–Trinajstić information content (AvgIpc) is 3.26. The predicted octanol–water partition coefficient (Wildman–Crippen LogP) is 3.57. The molecule has 3 aromatic heterocycles. The SMILES string of the molecule is Cn1c(=O)c(S(=O)(=O)c2ccc(F)c(Cl)c2)cc2cnc(Nc3ccc4[nH]ncc4c3)nc21. The third kappa shape index (κ3) is 3.60. The Morgan fingerprint density at radius 3 is 2.70 bits per heavy atom. The van der Waals surface area contributed by atoms with Gasteiger partial charge < -0.3 is 5.32 Å². The van der Waals surface area contributed by atoms with Crippen LogP contribution in [0.5, 0.6) is 0 Å². The monoisotopic (exact) mass is 484 g/mol. The fourth-order valence-electron chi connectivity index (χ4n) is 3.39. The molecule has 12 heteroatoms. The molecule has 0 unspecified atom stereocenters. The molecule has 9 nitrogen and oxygen atoms in total. The van der Waals surface area contributed by atoms with Crippen LogP contribution in [0.3, 0.4) is 0 Å². The van der Waals surface area contributed by atoms with Crippen LogP contribution >= 0.6 is 11.6 Å². The van der Waals surface area contributed by atoms with Gasteiger partial charge >= 0.3 is 0 Å². The Labute approximate surface area is 190 Å². The van der Waals surface area contributed by atoms with Crippen molar-refractivity contribution < 1.29 is 12.8 Å². The molecule has 0 bridgehead atoms. The van der Waals surface area contributed by atoms with E-state index in [0.717, 1.165) is 33.7 Å². The van der Waals surface area contributed by atoms with Crippen molar-refractivity contribution in [2.75, 3.05) is 5.32 Å². The number of H-pyrrole nitrogens is 1. The van der Waals surface area contributed by atoms with Gasteiger partial charge in [-0.3, -0.25) is 14.5 Å². The molecule has 0 aliphatic heterocycles. The maximum atomic E-state index is 13.5. The number of aryl methyl sites for hydroxylation is 1. The summed E-state index contributed by atoms with van der Waals surface area (Å²) in [5.41, 5.74) is 1.03. The minimum atomic E-state index is -4.26. The Hall–Kier alpha value is -3.83. The molecule has 0 aliphatic rings. The van der Waals surface area contributed by atoms with Crippen LogP contribution in [0.25, 0.3) is 21.9 Å². The van der Waals surface area contributed by atoms with Crippen molar-refractivity contribution in [3.63, 3.8) is 0 Å². The molecule has 0 radical (unpaired) electrons. The molecular weight excluding hydrogens is 471 g/mol. The van der Waals surface area contributed by atoms with Gasteiger partial charge in [-0.2, -0.15) is 10.1 Å². The Morgan fingerprint density at radius 1 is 1.09 bits per heavy atom. The zero-order valence-electron chi connectivity index (χ0n) is 16.9. The van der Waals surface area contributed by atoms with Crippen molar-refractivity contribution in [1.29, 1.82) is 0 Å². The summed E-state index contributed by atoms with van der Waals surface area (Å²) in [6, 6.07) is 9.68. The molecule has 0 aliphatic carbocycles. The molecule has 5 aromatic rings. The molecule has 33 heavy (non-hydrogen) atoms. The van der Waals surface area contributed by atoms with Crippen molar-refractivity contribution in [2.24, 2.45) is 7.05 Å². The maximum Gasteiger partial charge on any atom is 0.271 e. The van der Waals surface area contributed by atoms with Crippen LogP contribution in [0.4, 0.5) is 16.0 Å². The highest BCUT2D eigenvalue weighted by Gasteiger charge is 2.25. The number of nitrogens with zero attached hydrogens (tertiary/aromatic N) is 4. The maximum absolute atomic E-state index is 13.5. The lowest BCUT2D eigenvalue weighted by atomic mass is 10.2. The van der Waals surface area contributed by atoms with Crippen LogP contribution in [0.15, 0.2) is 69.4 Å². The lowest BCUT2D eigenvalue weighted by Gasteiger charge is -2.11. The van der Waals surface area contributed by atoms with E-state index in [0.29, 0.717) is 11.1 Å². The number of benzene rings is 2. The van der Waals surface area contributed by atoms with Gasteiger partial charge in [0.2, 0.25) is 15.8 Å². The lowest BCUT2D eigenvalue weighted by Crippen LogP contribution is -2.25. The van der Waals surface area contributed by atoms with Gasteiger partial charge in [0.05, 0.1) is 21.6 Å². The summed E-state index contributed by atoms with van der Waals surface area (Å²) < 4.78 is 40.7. The molecule has 2 N–H and O–H groups in total. The highest BCUT2D eigenvalue weighted by Crippen LogP contribution is 2.26. The third-order valence-electron chi connectivity index (χ3n) is 5.10. The van der Waals surface area contributed by atoms with Crippen LogP contribution in [-0.2, 0) is 16.9 Å². The van der Waals surface area contributed by atoms with Crippen LogP contribution in [-0.4, -0.2) is 33.2 Å². The molecule has 0 fully saturated rings. The molecule has 3 heterocycles. The first kappa shape index (κ1) is 21.0. The van der Waals surface area contributed by atoms with E-state index in [1.165, 1.54) is 19.3 Å².